The van der Waals surface area contributed by atoms with Gasteiger partial charge in [0.05, 0.1) is 0 Å². The van der Waals surface area contributed by atoms with Crippen molar-refractivity contribution in [2.75, 3.05) is 11.4 Å². The molecule has 0 fully saturated rings. The molecule has 0 aliphatic carbocycles. The van der Waals surface area contributed by atoms with Crippen molar-refractivity contribution < 1.29 is 9.90 Å². The lowest BCUT2D eigenvalue weighted by Gasteiger charge is -2.28. The van der Waals surface area contributed by atoms with Gasteiger partial charge in [0.25, 0.3) is 0 Å². The first-order chi connectivity index (χ1) is 9.48. The molecule has 4 heteroatoms. The van der Waals surface area contributed by atoms with Crippen LogP contribution in [0.4, 0.5) is 5.69 Å². The summed E-state index contributed by atoms with van der Waals surface area (Å²) in [6, 6.07) is 8.92. The summed E-state index contributed by atoms with van der Waals surface area (Å²) in [5, 5.41) is 9.20. The minimum Gasteiger partial charge on any atom is -0.480 e. The second kappa shape index (κ2) is 5.83. The molecule has 1 aliphatic heterocycles. The molecular formula is C16H24N2O2. The van der Waals surface area contributed by atoms with Crippen molar-refractivity contribution in [3.8, 4) is 0 Å². The van der Waals surface area contributed by atoms with Crippen molar-refractivity contribution in [3.63, 3.8) is 0 Å². The zero-order valence-electron chi connectivity index (χ0n) is 12.3. The van der Waals surface area contributed by atoms with E-state index in [2.05, 4.69) is 36.1 Å². The number of aliphatic carboxylic acids is 1. The Morgan fingerprint density at radius 1 is 1.50 bits per heavy atom. The molecule has 0 saturated heterocycles. The van der Waals surface area contributed by atoms with Gasteiger partial charge in [-0.2, -0.15) is 0 Å². The summed E-state index contributed by atoms with van der Waals surface area (Å²) in [4.78, 5) is 13.6. The third-order valence-corrected chi connectivity index (χ3v) is 4.43. The number of rotatable bonds is 6. The summed E-state index contributed by atoms with van der Waals surface area (Å²) >= 11 is 0. The number of fused-ring (bicyclic) bond motifs is 1. The third-order valence-electron chi connectivity index (χ3n) is 4.43. The van der Waals surface area contributed by atoms with Gasteiger partial charge in [0.2, 0.25) is 0 Å². The van der Waals surface area contributed by atoms with Crippen molar-refractivity contribution in [2.45, 2.75) is 51.1 Å². The molecule has 4 nitrogen and oxygen atoms in total. The maximum absolute atomic E-state index is 11.2. The maximum atomic E-state index is 11.2. The molecule has 0 aromatic heterocycles. The molecule has 2 atom stereocenters. The van der Waals surface area contributed by atoms with Crippen molar-refractivity contribution in [2.24, 2.45) is 5.73 Å². The smallest absolute Gasteiger partial charge is 0.323 e. The van der Waals surface area contributed by atoms with Gasteiger partial charge in [-0.25, -0.2) is 0 Å². The van der Waals surface area contributed by atoms with Crippen LogP contribution in [0.3, 0.4) is 0 Å². The van der Waals surface area contributed by atoms with Crippen molar-refractivity contribution in [1.29, 1.82) is 0 Å². The van der Waals surface area contributed by atoms with E-state index >= 15 is 0 Å². The highest BCUT2D eigenvalue weighted by atomic mass is 16.4. The van der Waals surface area contributed by atoms with Crippen LogP contribution in [0.25, 0.3) is 0 Å². The van der Waals surface area contributed by atoms with E-state index in [1.165, 1.54) is 11.3 Å². The van der Waals surface area contributed by atoms with Crippen LogP contribution in [0.15, 0.2) is 24.3 Å². The van der Waals surface area contributed by atoms with Crippen molar-refractivity contribution in [1.82, 2.24) is 0 Å². The fourth-order valence-corrected chi connectivity index (χ4v) is 2.97. The van der Waals surface area contributed by atoms with Crippen LogP contribution in [0.1, 0.15) is 38.7 Å². The molecule has 1 aliphatic rings. The largest absolute Gasteiger partial charge is 0.480 e. The van der Waals surface area contributed by atoms with Gasteiger partial charge >= 0.3 is 5.97 Å². The Balaban J connectivity index is 1.97. The Labute approximate surface area is 120 Å². The molecule has 20 heavy (non-hydrogen) atoms. The van der Waals surface area contributed by atoms with Crippen LogP contribution in [0.2, 0.25) is 0 Å². The number of nitrogens with two attached hydrogens (primary N) is 1. The molecule has 0 bridgehead atoms. The number of carboxylic acid groups (broad SMARTS) is 1. The van der Waals surface area contributed by atoms with Gasteiger partial charge in [-0.1, -0.05) is 25.1 Å². The number of carboxylic acids is 1. The fourth-order valence-electron chi connectivity index (χ4n) is 2.97. The lowest BCUT2D eigenvalue weighted by molar-refractivity contribution is -0.143. The number of hydrogen-bond acceptors (Lipinski definition) is 3. The molecule has 1 heterocycles. The summed E-state index contributed by atoms with van der Waals surface area (Å²) < 4.78 is 0. The van der Waals surface area contributed by atoms with Gasteiger partial charge in [-0.15, -0.1) is 0 Å². The molecule has 3 N–H and O–H groups in total. The first-order valence-corrected chi connectivity index (χ1v) is 7.35. The molecule has 2 rings (SSSR count). The fraction of sp³-hybridized carbons (Fsp3) is 0.562. The minimum absolute atomic E-state index is 0.467. The average molecular weight is 276 g/mol. The van der Waals surface area contributed by atoms with Crippen LogP contribution in [0.5, 0.6) is 0 Å². The van der Waals surface area contributed by atoms with E-state index in [0.29, 0.717) is 18.9 Å². The van der Waals surface area contributed by atoms with Crippen molar-refractivity contribution >= 4 is 11.7 Å². The van der Waals surface area contributed by atoms with Crippen LogP contribution in [-0.4, -0.2) is 29.2 Å². The number of anilines is 1. The predicted octanol–water partition coefficient (Wildman–Crippen LogP) is 2.41. The van der Waals surface area contributed by atoms with Crippen LogP contribution in [-0.2, 0) is 11.2 Å². The van der Waals surface area contributed by atoms with Gasteiger partial charge in [-0.05, 0) is 44.2 Å². The quantitative estimate of drug-likeness (QED) is 0.837. The standard InChI is InChI=1S/C16H24N2O2/c1-3-16(17,15(19)20)9-6-10-18-12(2)11-13-7-4-5-8-14(13)18/h4-5,7-8,12H,3,6,9-11,17H2,1-2H3,(H,19,20). The van der Waals surface area contributed by atoms with E-state index in [9.17, 15) is 9.90 Å². The Kier molecular flexibility index (Phi) is 4.33. The molecule has 0 radical (unpaired) electrons. The number of hydrogen-bond donors (Lipinski definition) is 2. The van der Waals surface area contributed by atoms with Crippen LogP contribution in [0, 0.1) is 0 Å². The summed E-state index contributed by atoms with van der Waals surface area (Å²) in [6.07, 6.45) is 2.85. The van der Waals surface area contributed by atoms with Gasteiger partial charge in [0.1, 0.15) is 5.54 Å². The minimum atomic E-state index is -1.08. The monoisotopic (exact) mass is 276 g/mol. The normalized spacial score (nSPS) is 20.6. The SMILES string of the molecule is CCC(N)(CCCN1c2ccccc2CC1C)C(=O)O. The number of benzene rings is 1. The summed E-state index contributed by atoms with van der Waals surface area (Å²) in [5.74, 6) is -0.894. The van der Waals surface area contributed by atoms with E-state index in [1.807, 2.05) is 6.92 Å². The number of carbonyl (C=O) groups is 1. The lowest BCUT2D eigenvalue weighted by Crippen LogP contribution is -2.48. The van der Waals surface area contributed by atoms with Gasteiger partial charge in [-0.3, -0.25) is 4.79 Å². The molecule has 0 amide bonds. The Morgan fingerprint density at radius 2 is 2.20 bits per heavy atom. The first kappa shape index (κ1) is 14.9. The second-order valence-electron chi connectivity index (χ2n) is 5.79. The Morgan fingerprint density at radius 3 is 2.85 bits per heavy atom. The molecule has 1 aromatic rings. The summed E-state index contributed by atoms with van der Waals surface area (Å²) in [5.41, 5.74) is 7.52. The topological polar surface area (TPSA) is 66.6 Å². The van der Waals surface area contributed by atoms with Crippen LogP contribution < -0.4 is 10.6 Å². The first-order valence-electron chi connectivity index (χ1n) is 7.35. The molecule has 0 spiro atoms. The zero-order valence-corrected chi connectivity index (χ0v) is 12.3. The van der Waals surface area contributed by atoms with E-state index in [-0.39, 0.29) is 0 Å². The molecule has 0 saturated carbocycles. The zero-order chi connectivity index (χ0) is 14.8. The highest BCUT2D eigenvalue weighted by molar-refractivity contribution is 5.78. The van der Waals surface area contributed by atoms with E-state index in [1.54, 1.807) is 0 Å². The maximum Gasteiger partial charge on any atom is 0.323 e. The number of nitrogens with zero attached hydrogens (tertiary/aromatic N) is 1. The molecule has 110 valence electrons. The lowest BCUT2D eigenvalue weighted by atomic mass is 9.91. The average Bonchev–Trinajstić information content (AvgIpc) is 2.74. The molecular weight excluding hydrogens is 252 g/mol. The summed E-state index contributed by atoms with van der Waals surface area (Å²) in [7, 11) is 0. The second-order valence-corrected chi connectivity index (χ2v) is 5.79. The predicted molar refractivity (Wildman–Crippen MR) is 81.0 cm³/mol. The van der Waals surface area contributed by atoms with E-state index in [0.717, 1.165) is 19.4 Å². The Hall–Kier alpha value is -1.55. The third kappa shape index (κ3) is 2.80. The van der Waals surface area contributed by atoms with Gasteiger partial charge in [0.15, 0.2) is 0 Å². The highest BCUT2D eigenvalue weighted by Crippen LogP contribution is 2.32. The Bertz CT molecular complexity index is 489. The molecule has 1 aromatic carbocycles. The van der Waals surface area contributed by atoms with E-state index in [4.69, 9.17) is 5.73 Å². The van der Waals surface area contributed by atoms with Gasteiger partial charge in [0, 0.05) is 18.3 Å². The highest BCUT2D eigenvalue weighted by Gasteiger charge is 2.32. The molecule has 2 unspecified atom stereocenters. The summed E-state index contributed by atoms with van der Waals surface area (Å²) in [6.45, 7) is 4.92. The van der Waals surface area contributed by atoms with E-state index < -0.39 is 11.5 Å². The van der Waals surface area contributed by atoms with Gasteiger partial charge < -0.3 is 15.7 Å². The van der Waals surface area contributed by atoms with Crippen LogP contribution >= 0.6 is 0 Å². The van der Waals surface area contributed by atoms with Crippen molar-refractivity contribution in [3.05, 3.63) is 29.8 Å². The number of para-hydroxylation sites is 1.